The first kappa shape index (κ1) is 21.0. The molecule has 1 aliphatic rings. The molecular weight excluding hydrogens is 373 g/mol. The Balaban J connectivity index is 0.00000288. The zero-order chi connectivity index (χ0) is 17.0. The van der Waals surface area contributed by atoms with Crippen LogP contribution in [0.5, 0.6) is 0 Å². The number of amides is 2. The van der Waals surface area contributed by atoms with Gasteiger partial charge in [0, 0.05) is 12.1 Å². The molecule has 24 heavy (non-hydrogen) atoms. The predicted molar refractivity (Wildman–Crippen MR) is 99.3 cm³/mol. The second kappa shape index (κ2) is 9.47. The van der Waals surface area contributed by atoms with Gasteiger partial charge in [0.25, 0.3) is 5.91 Å². The Kier molecular flexibility index (Phi) is 8.30. The molecule has 0 aromatic heterocycles. The summed E-state index contributed by atoms with van der Waals surface area (Å²) in [7, 11) is 0. The van der Waals surface area contributed by atoms with Crippen molar-refractivity contribution in [2.24, 2.45) is 0 Å². The van der Waals surface area contributed by atoms with Gasteiger partial charge in [-0.05, 0) is 45.4 Å². The number of rotatable bonds is 4. The van der Waals surface area contributed by atoms with Gasteiger partial charge in [0.15, 0.2) is 0 Å². The SMILES string of the molecule is CC(NC(=O)c1cccc(Cl)c1Cl)C(=O)NC1CCCNC1C.Cl. The van der Waals surface area contributed by atoms with E-state index in [9.17, 15) is 9.59 Å². The van der Waals surface area contributed by atoms with Crippen LogP contribution in [-0.2, 0) is 4.79 Å². The van der Waals surface area contributed by atoms with Crippen LogP contribution in [0.1, 0.15) is 37.0 Å². The fraction of sp³-hybridized carbons (Fsp3) is 0.500. The highest BCUT2D eigenvalue weighted by atomic mass is 35.5. The molecule has 0 aliphatic carbocycles. The normalized spacial score (nSPS) is 21.3. The zero-order valence-corrected chi connectivity index (χ0v) is 15.9. The van der Waals surface area contributed by atoms with Crippen molar-refractivity contribution in [2.45, 2.75) is 44.8 Å². The molecule has 0 radical (unpaired) electrons. The maximum absolute atomic E-state index is 12.3. The molecule has 2 amide bonds. The van der Waals surface area contributed by atoms with Crippen molar-refractivity contribution in [1.82, 2.24) is 16.0 Å². The molecule has 3 unspecified atom stereocenters. The number of halogens is 3. The molecule has 1 saturated heterocycles. The molecule has 0 saturated carbocycles. The van der Waals surface area contributed by atoms with Crippen LogP contribution in [0.15, 0.2) is 18.2 Å². The highest BCUT2D eigenvalue weighted by Crippen LogP contribution is 2.25. The molecule has 3 atom stereocenters. The summed E-state index contributed by atoms with van der Waals surface area (Å²) in [6, 6.07) is 4.45. The van der Waals surface area contributed by atoms with Gasteiger partial charge in [-0.25, -0.2) is 0 Å². The summed E-state index contributed by atoms with van der Waals surface area (Å²) in [6.07, 6.45) is 1.95. The lowest BCUT2D eigenvalue weighted by Gasteiger charge is -2.31. The quantitative estimate of drug-likeness (QED) is 0.735. The van der Waals surface area contributed by atoms with Crippen LogP contribution < -0.4 is 16.0 Å². The van der Waals surface area contributed by atoms with Crippen molar-refractivity contribution in [3.05, 3.63) is 33.8 Å². The molecule has 1 aromatic carbocycles. The van der Waals surface area contributed by atoms with Crippen LogP contribution in [0, 0.1) is 0 Å². The van der Waals surface area contributed by atoms with Crippen LogP contribution in [0.4, 0.5) is 0 Å². The third-order valence-electron chi connectivity index (χ3n) is 4.03. The number of carbonyl (C=O) groups excluding carboxylic acids is 2. The monoisotopic (exact) mass is 393 g/mol. The van der Waals surface area contributed by atoms with Gasteiger partial charge in [0.1, 0.15) is 6.04 Å². The number of carbonyl (C=O) groups is 2. The van der Waals surface area contributed by atoms with Crippen LogP contribution in [0.3, 0.4) is 0 Å². The maximum Gasteiger partial charge on any atom is 0.253 e. The van der Waals surface area contributed by atoms with E-state index in [1.807, 2.05) is 6.92 Å². The van der Waals surface area contributed by atoms with Crippen LogP contribution in [0.2, 0.25) is 10.0 Å². The summed E-state index contributed by atoms with van der Waals surface area (Å²) >= 11 is 11.9. The Bertz CT molecular complexity index is 598. The zero-order valence-electron chi connectivity index (χ0n) is 13.6. The van der Waals surface area contributed by atoms with E-state index in [1.165, 1.54) is 0 Å². The molecule has 1 aromatic rings. The average molecular weight is 395 g/mol. The van der Waals surface area contributed by atoms with E-state index in [0.29, 0.717) is 5.02 Å². The lowest BCUT2D eigenvalue weighted by Crippen LogP contribution is -2.55. The van der Waals surface area contributed by atoms with E-state index < -0.39 is 11.9 Å². The van der Waals surface area contributed by atoms with E-state index in [4.69, 9.17) is 23.2 Å². The van der Waals surface area contributed by atoms with E-state index in [2.05, 4.69) is 16.0 Å². The minimum Gasteiger partial charge on any atom is -0.350 e. The molecule has 0 spiro atoms. The van der Waals surface area contributed by atoms with Crippen LogP contribution in [-0.4, -0.2) is 36.5 Å². The largest absolute Gasteiger partial charge is 0.350 e. The third-order valence-corrected chi connectivity index (χ3v) is 4.85. The fourth-order valence-electron chi connectivity index (χ4n) is 2.57. The van der Waals surface area contributed by atoms with Crippen molar-refractivity contribution in [3.8, 4) is 0 Å². The summed E-state index contributed by atoms with van der Waals surface area (Å²) in [5, 5.41) is 9.44. The van der Waals surface area contributed by atoms with Gasteiger partial charge < -0.3 is 16.0 Å². The Labute approximate surface area is 158 Å². The van der Waals surface area contributed by atoms with Crippen molar-refractivity contribution in [3.63, 3.8) is 0 Å². The van der Waals surface area contributed by atoms with Gasteiger partial charge in [-0.15, -0.1) is 12.4 Å². The van der Waals surface area contributed by atoms with Crippen molar-refractivity contribution in [1.29, 1.82) is 0 Å². The predicted octanol–water partition coefficient (Wildman–Crippen LogP) is 2.79. The molecule has 134 valence electrons. The van der Waals surface area contributed by atoms with Crippen molar-refractivity contribution >= 4 is 47.4 Å². The van der Waals surface area contributed by atoms with Gasteiger partial charge in [-0.3, -0.25) is 9.59 Å². The lowest BCUT2D eigenvalue weighted by molar-refractivity contribution is -0.123. The van der Waals surface area contributed by atoms with Crippen LogP contribution >= 0.6 is 35.6 Å². The highest BCUT2D eigenvalue weighted by Gasteiger charge is 2.25. The number of hydrogen-bond acceptors (Lipinski definition) is 3. The topological polar surface area (TPSA) is 70.2 Å². The molecule has 0 bridgehead atoms. The standard InChI is InChI=1S/C16H21Cl2N3O2.ClH/c1-9-13(7-4-8-19-9)21-15(22)10(2)20-16(23)11-5-3-6-12(17)14(11)18;/h3,5-6,9-10,13,19H,4,7-8H2,1-2H3,(H,20,23)(H,21,22);1H. The summed E-state index contributed by atoms with van der Waals surface area (Å²) in [5.74, 6) is -0.632. The molecule has 8 heteroatoms. The van der Waals surface area contributed by atoms with Crippen molar-refractivity contribution < 1.29 is 9.59 Å². The second-order valence-electron chi connectivity index (χ2n) is 5.80. The van der Waals surface area contributed by atoms with E-state index in [1.54, 1.807) is 25.1 Å². The molecular formula is C16H22Cl3N3O2. The number of nitrogens with one attached hydrogen (secondary N) is 3. The molecule has 3 N–H and O–H groups in total. The number of hydrogen-bond donors (Lipinski definition) is 3. The smallest absolute Gasteiger partial charge is 0.253 e. The van der Waals surface area contributed by atoms with Gasteiger partial charge >= 0.3 is 0 Å². The first-order valence-corrected chi connectivity index (χ1v) is 8.44. The van der Waals surface area contributed by atoms with Gasteiger partial charge in [0.05, 0.1) is 15.6 Å². The second-order valence-corrected chi connectivity index (χ2v) is 6.58. The highest BCUT2D eigenvalue weighted by molar-refractivity contribution is 6.43. The fourth-order valence-corrected chi connectivity index (χ4v) is 2.95. The van der Waals surface area contributed by atoms with Crippen molar-refractivity contribution in [2.75, 3.05) is 6.54 Å². The molecule has 1 heterocycles. The van der Waals surface area contributed by atoms with Gasteiger partial charge in [-0.2, -0.15) is 0 Å². The number of piperidine rings is 1. The lowest BCUT2D eigenvalue weighted by atomic mass is 9.99. The molecule has 2 rings (SSSR count). The Morgan fingerprint density at radius 2 is 2.04 bits per heavy atom. The molecule has 1 fully saturated rings. The van der Waals surface area contributed by atoms with E-state index in [0.717, 1.165) is 19.4 Å². The minimum absolute atomic E-state index is 0. The molecule has 5 nitrogen and oxygen atoms in total. The summed E-state index contributed by atoms with van der Waals surface area (Å²) < 4.78 is 0. The third kappa shape index (κ3) is 5.24. The van der Waals surface area contributed by atoms with Gasteiger partial charge in [0.2, 0.25) is 5.91 Å². The first-order valence-electron chi connectivity index (χ1n) is 7.68. The summed E-state index contributed by atoms with van der Waals surface area (Å²) in [5.41, 5.74) is 0.256. The average Bonchev–Trinajstić information content (AvgIpc) is 2.52. The Morgan fingerprint density at radius 1 is 1.33 bits per heavy atom. The summed E-state index contributed by atoms with van der Waals surface area (Å²) in [4.78, 5) is 24.5. The Morgan fingerprint density at radius 3 is 2.71 bits per heavy atom. The minimum atomic E-state index is -0.660. The van der Waals surface area contributed by atoms with Crippen LogP contribution in [0.25, 0.3) is 0 Å². The van der Waals surface area contributed by atoms with Gasteiger partial charge in [-0.1, -0.05) is 29.3 Å². The Hall–Kier alpha value is -1.01. The van der Waals surface area contributed by atoms with E-state index >= 15 is 0 Å². The number of benzene rings is 1. The first-order chi connectivity index (χ1) is 10.9. The maximum atomic E-state index is 12.3. The van der Waals surface area contributed by atoms with E-state index in [-0.39, 0.29) is 41.0 Å². The summed E-state index contributed by atoms with van der Waals surface area (Å²) in [6.45, 7) is 4.65. The molecule has 1 aliphatic heterocycles.